The molecule has 0 aliphatic heterocycles. The molecule has 0 saturated heterocycles. The summed E-state index contributed by atoms with van der Waals surface area (Å²) in [5, 5.41) is 10.2. The molecule has 1 heteroatoms. The van der Waals surface area contributed by atoms with Gasteiger partial charge in [-0.05, 0) is 49.4 Å². The summed E-state index contributed by atoms with van der Waals surface area (Å²) in [6.07, 6.45) is 8.90. The average molecular weight is 224 g/mol. The van der Waals surface area contributed by atoms with E-state index in [1.807, 2.05) is 6.08 Å². The predicted octanol–water partition coefficient (Wildman–Crippen LogP) is 4.17. The Morgan fingerprint density at radius 2 is 2.06 bits per heavy atom. The van der Waals surface area contributed by atoms with E-state index in [1.54, 1.807) is 0 Å². The van der Waals surface area contributed by atoms with Crippen LogP contribution in [0.1, 0.15) is 59.3 Å². The highest BCUT2D eigenvalue weighted by Crippen LogP contribution is 2.43. The van der Waals surface area contributed by atoms with Gasteiger partial charge in [0.2, 0.25) is 0 Å². The Morgan fingerprint density at radius 3 is 2.62 bits per heavy atom. The molecule has 0 heterocycles. The third-order valence-electron chi connectivity index (χ3n) is 4.31. The van der Waals surface area contributed by atoms with Gasteiger partial charge in [-0.25, -0.2) is 0 Å². The Bertz CT molecular complexity index is 219. The highest BCUT2D eigenvalue weighted by Gasteiger charge is 2.37. The van der Waals surface area contributed by atoms with Crippen LogP contribution in [0.5, 0.6) is 0 Å². The van der Waals surface area contributed by atoms with Gasteiger partial charge >= 0.3 is 0 Å². The van der Waals surface area contributed by atoms with E-state index in [1.165, 1.54) is 25.7 Å². The van der Waals surface area contributed by atoms with Crippen molar-refractivity contribution in [3.8, 4) is 0 Å². The standard InChI is InChI=1S/C15H28O/c1-5-6-7-10-15(3,4)13-9-8-12(2)11-14(13)16/h5,12-14,16H,1,6-11H2,2-4H3. The lowest BCUT2D eigenvalue weighted by molar-refractivity contribution is -0.0165. The summed E-state index contributed by atoms with van der Waals surface area (Å²) in [6.45, 7) is 10.7. The monoisotopic (exact) mass is 224 g/mol. The fourth-order valence-electron chi connectivity index (χ4n) is 3.15. The minimum Gasteiger partial charge on any atom is -0.393 e. The fraction of sp³-hybridized carbons (Fsp3) is 0.867. The molecule has 1 rings (SSSR count). The number of hydrogen-bond acceptors (Lipinski definition) is 1. The maximum atomic E-state index is 10.2. The van der Waals surface area contributed by atoms with Crippen LogP contribution in [0.4, 0.5) is 0 Å². The zero-order chi connectivity index (χ0) is 12.2. The Hall–Kier alpha value is -0.300. The first-order chi connectivity index (χ1) is 7.47. The van der Waals surface area contributed by atoms with E-state index in [-0.39, 0.29) is 11.5 Å². The lowest BCUT2D eigenvalue weighted by atomic mass is 9.65. The van der Waals surface area contributed by atoms with Crippen molar-refractivity contribution in [2.24, 2.45) is 17.3 Å². The summed E-state index contributed by atoms with van der Waals surface area (Å²) in [7, 11) is 0. The Balaban J connectivity index is 2.49. The van der Waals surface area contributed by atoms with E-state index >= 15 is 0 Å². The van der Waals surface area contributed by atoms with E-state index in [0.717, 1.165) is 12.8 Å². The first kappa shape index (κ1) is 13.8. The molecule has 0 amide bonds. The van der Waals surface area contributed by atoms with Gasteiger partial charge in [-0.2, -0.15) is 0 Å². The Morgan fingerprint density at radius 1 is 1.38 bits per heavy atom. The van der Waals surface area contributed by atoms with Gasteiger partial charge in [0.15, 0.2) is 0 Å². The fourth-order valence-corrected chi connectivity index (χ4v) is 3.15. The third kappa shape index (κ3) is 3.62. The minimum absolute atomic E-state index is 0.0810. The third-order valence-corrected chi connectivity index (χ3v) is 4.31. The second-order valence-corrected chi connectivity index (χ2v) is 6.26. The van der Waals surface area contributed by atoms with Crippen LogP contribution >= 0.6 is 0 Å². The van der Waals surface area contributed by atoms with Crippen molar-refractivity contribution in [2.45, 2.75) is 65.4 Å². The molecule has 0 aromatic carbocycles. The molecule has 3 unspecified atom stereocenters. The summed E-state index contributed by atoms with van der Waals surface area (Å²) in [4.78, 5) is 0. The van der Waals surface area contributed by atoms with Crippen LogP contribution in [0.15, 0.2) is 12.7 Å². The van der Waals surface area contributed by atoms with Gasteiger partial charge in [-0.3, -0.25) is 0 Å². The molecule has 3 atom stereocenters. The van der Waals surface area contributed by atoms with E-state index in [4.69, 9.17) is 0 Å². The topological polar surface area (TPSA) is 20.2 Å². The first-order valence-electron chi connectivity index (χ1n) is 6.76. The molecule has 1 saturated carbocycles. The molecule has 94 valence electrons. The van der Waals surface area contributed by atoms with Gasteiger partial charge in [-0.1, -0.05) is 33.3 Å². The van der Waals surface area contributed by atoms with Gasteiger partial charge in [0.1, 0.15) is 0 Å². The van der Waals surface area contributed by atoms with Crippen molar-refractivity contribution < 1.29 is 5.11 Å². The van der Waals surface area contributed by atoms with Crippen molar-refractivity contribution >= 4 is 0 Å². The van der Waals surface area contributed by atoms with Crippen molar-refractivity contribution in [1.82, 2.24) is 0 Å². The zero-order valence-electron chi connectivity index (χ0n) is 11.2. The Labute approximate surface area is 101 Å². The Kier molecular flexibility index (Phi) is 5.04. The van der Waals surface area contributed by atoms with E-state index in [2.05, 4.69) is 27.4 Å². The molecule has 16 heavy (non-hydrogen) atoms. The largest absolute Gasteiger partial charge is 0.393 e. The molecule has 1 aliphatic carbocycles. The van der Waals surface area contributed by atoms with E-state index in [0.29, 0.717) is 11.8 Å². The van der Waals surface area contributed by atoms with Crippen LogP contribution in [0.25, 0.3) is 0 Å². The molecule has 1 aliphatic rings. The molecular weight excluding hydrogens is 196 g/mol. The molecule has 0 aromatic heterocycles. The molecular formula is C15H28O. The molecule has 1 nitrogen and oxygen atoms in total. The van der Waals surface area contributed by atoms with Gasteiger partial charge in [0.25, 0.3) is 0 Å². The lowest BCUT2D eigenvalue weighted by Gasteiger charge is -2.42. The SMILES string of the molecule is C=CCCCC(C)(C)C1CCC(C)CC1O. The molecule has 0 bridgehead atoms. The van der Waals surface area contributed by atoms with Crippen LogP contribution in [-0.4, -0.2) is 11.2 Å². The number of hydrogen-bond donors (Lipinski definition) is 1. The van der Waals surface area contributed by atoms with Crippen molar-refractivity contribution in [3.63, 3.8) is 0 Å². The minimum atomic E-state index is -0.0810. The maximum absolute atomic E-state index is 10.2. The molecule has 0 aromatic rings. The average Bonchev–Trinajstić information content (AvgIpc) is 2.17. The molecule has 0 spiro atoms. The summed E-state index contributed by atoms with van der Waals surface area (Å²) in [5.74, 6) is 1.20. The molecule has 1 N–H and O–H groups in total. The van der Waals surface area contributed by atoms with Crippen LogP contribution in [-0.2, 0) is 0 Å². The van der Waals surface area contributed by atoms with E-state index < -0.39 is 0 Å². The van der Waals surface area contributed by atoms with Gasteiger partial charge in [-0.15, -0.1) is 6.58 Å². The smallest absolute Gasteiger partial charge is 0.0576 e. The first-order valence-corrected chi connectivity index (χ1v) is 6.76. The van der Waals surface area contributed by atoms with Crippen LogP contribution < -0.4 is 0 Å². The number of aliphatic hydroxyl groups is 1. The normalized spacial score (nSPS) is 31.4. The maximum Gasteiger partial charge on any atom is 0.0576 e. The second kappa shape index (κ2) is 5.86. The van der Waals surface area contributed by atoms with Crippen LogP contribution in [0.3, 0.4) is 0 Å². The van der Waals surface area contributed by atoms with E-state index in [9.17, 15) is 5.11 Å². The van der Waals surface area contributed by atoms with Gasteiger partial charge < -0.3 is 5.11 Å². The van der Waals surface area contributed by atoms with Crippen molar-refractivity contribution in [1.29, 1.82) is 0 Å². The summed E-state index contributed by atoms with van der Waals surface area (Å²) in [6, 6.07) is 0. The number of rotatable bonds is 5. The number of aliphatic hydroxyl groups excluding tert-OH is 1. The van der Waals surface area contributed by atoms with Gasteiger partial charge in [0, 0.05) is 0 Å². The summed E-state index contributed by atoms with van der Waals surface area (Å²) >= 11 is 0. The summed E-state index contributed by atoms with van der Waals surface area (Å²) < 4.78 is 0. The predicted molar refractivity (Wildman–Crippen MR) is 70.3 cm³/mol. The lowest BCUT2D eigenvalue weighted by Crippen LogP contribution is -2.38. The highest BCUT2D eigenvalue weighted by atomic mass is 16.3. The molecule has 1 fully saturated rings. The zero-order valence-corrected chi connectivity index (χ0v) is 11.2. The van der Waals surface area contributed by atoms with Crippen molar-refractivity contribution in [3.05, 3.63) is 12.7 Å². The second-order valence-electron chi connectivity index (χ2n) is 6.26. The van der Waals surface area contributed by atoms with Crippen molar-refractivity contribution in [2.75, 3.05) is 0 Å². The highest BCUT2D eigenvalue weighted by molar-refractivity contribution is 4.88. The molecule has 0 radical (unpaired) electrons. The van der Waals surface area contributed by atoms with Gasteiger partial charge in [0.05, 0.1) is 6.10 Å². The number of unbranched alkanes of at least 4 members (excludes halogenated alkanes) is 1. The number of allylic oxidation sites excluding steroid dienone is 1. The quantitative estimate of drug-likeness (QED) is 0.549. The summed E-state index contributed by atoms with van der Waals surface area (Å²) in [5.41, 5.74) is 0.280. The van der Waals surface area contributed by atoms with Crippen LogP contribution in [0, 0.1) is 17.3 Å². The van der Waals surface area contributed by atoms with Crippen LogP contribution in [0.2, 0.25) is 0 Å².